The number of benzene rings is 2. The summed E-state index contributed by atoms with van der Waals surface area (Å²) < 4.78 is 51.9. The lowest BCUT2D eigenvalue weighted by Gasteiger charge is -2.14. The molecule has 104 valence electrons. The maximum Gasteiger partial charge on any atom is 0.417 e. The summed E-state index contributed by atoms with van der Waals surface area (Å²) in [6.45, 7) is 0. The van der Waals surface area contributed by atoms with Crippen LogP contribution in [0.25, 0.3) is 11.1 Å². The van der Waals surface area contributed by atoms with E-state index in [1.807, 2.05) is 0 Å². The SMILES string of the molecule is O=C(Cl)c1c(-c2cccc(F)c2)cccc1C(F)(F)F. The van der Waals surface area contributed by atoms with Crippen molar-refractivity contribution in [2.45, 2.75) is 6.18 Å². The predicted molar refractivity (Wildman–Crippen MR) is 67.0 cm³/mol. The van der Waals surface area contributed by atoms with Crippen LogP contribution in [0.5, 0.6) is 0 Å². The lowest BCUT2D eigenvalue weighted by atomic mass is 9.95. The van der Waals surface area contributed by atoms with Gasteiger partial charge in [-0.1, -0.05) is 24.3 Å². The first-order chi connectivity index (χ1) is 9.30. The normalized spacial score (nSPS) is 11.4. The van der Waals surface area contributed by atoms with Crippen molar-refractivity contribution in [2.24, 2.45) is 0 Å². The van der Waals surface area contributed by atoms with E-state index in [0.29, 0.717) is 0 Å². The maximum absolute atomic E-state index is 13.2. The summed E-state index contributed by atoms with van der Waals surface area (Å²) in [5.74, 6) is -0.618. The first kappa shape index (κ1) is 14.5. The summed E-state index contributed by atoms with van der Waals surface area (Å²) in [4.78, 5) is 11.4. The highest BCUT2D eigenvalue weighted by Gasteiger charge is 2.36. The molecule has 0 bridgehead atoms. The molecule has 0 aliphatic heterocycles. The van der Waals surface area contributed by atoms with Gasteiger partial charge >= 0.3 is 6.18 Å². The van der Waals surface area contributed by atoms with Gasteiger partial charge in [-0.25, -0.2) is 4.39 Å². The fourth-order valence-corrected chi connectivity index (χ4v) is 2.10. The number of halogens is 5. The average Bonchev–Trinajstić information content (AvgIpc) is 2.36. The molecule has 0 radical (unpaired) electrons. The Morgan fingerprint density at radius 3 is 2.25 bits per heavy atom. The first-order valence-corrected chi connectivity index (χ1v) is 5.84. The lowest BCUT2D eigenvalue weighted by Crippen LogP contribution is -2.12. The molecular formula is C14H7ClF4O. The minimum atomic E-state index is -4.72. The molecule has 0 saturated heterocycles. The van der Waals surface area contributed by atoms with Crippen molar-refractivity contribution in [3.63, 3.8) is 0 Å². The Balaban J connectivity index is 2.74. The van der Waals surface area contributed by atoms with Crippen molar-refractivity contribution in [3.05, 3.63) is 59.4 Å². The Labute approximate surface area is 116 Å². The van der Waals surface area contributed by atoms with Crippen molar-refractivity contribution >= 4 is 16.8 Å². The zero-order chi connectivity index (χ0) is 14.9. The van der Waals surface area contributed by atoms with Gasteiger partial charge in [0.25, 0.3) is 5.24 Å². The highest BCUT2D eigenvalue weighted by atomic mass is 35.5. The number of carbonyl (C=O) groups is 1. The molecule has 20 heavy (non-hydrogen) atoms. The zero-order valence-electron chi connectivity index (χ0n) is 9.84. The summed E-state index contributed by atoms with van der Waals surface area (Å²) in [5, 5.41) is -1.24. The molecule has 2 aromatic carbocycles. The lowest BCUT2D eigenvalue weighted by molar-refractivity contribution is -0.137. The predicted octanol–water partition coefficient (Wildman–Crippen LogP) is 4.89. The van der Waals surface area contributed by atoms with Crippen LogP contribution in [-0.2, 0) is 6.18 Å². The van der Waals surface area contributed by atoms with Gasteiger partial charge in [-0.05, 0) is 40.9 Å². The summed E-state index contributed by atoms with van der Waals surface area (Å²) in [6.07, 6.45) is -4.72. The van der Waals surface area contributed by atoms with Crippen LogP contribution in [0.4, 0.5) is 17.6 Å². The number of alkyl halides is 3. The molecule has 0 aromatic heterocycles. The van der Waals surface area contributed by atoms with Gasteiger partial charge in [0.15, 0.2) is 0 Å². The van der Waals surface area contributed by atoms with Crippen LogP contribution in [0.15, 0.2) is 42.5 Å². The van der Waals surface area contributed by atoms with Gasteiger partial charge in [0.2, 0.25) is 0 Å². The van der Waals surface area contributed by atoms with Crippen molar-refractivity contribution in [2.75, 3.05) is 0 Å². The molecule has 0 saturated carbocycles. The van der Waals surface area contributed by atoms with E-state index in [0.717, 1.165) is 24.3 Å². The van der Waals surface area contributed by atoms with Crippen molar-refractivity contribution in [1.82, 2.24) is 0 Å². The second-order valence-corrected chi connectivity index (χ2v) is 4.35. The van der Waals surface area contributed by atoms with E-state index >= 15 is 0 Å². The maximum atomic E-state index is 13.2. The van der Waals surface area contributed by atoms with E-state index in [-0.39, 0.29) is 11.1 Å². The molecule has 2 rings (SSSR count). The fraction of sp³-hybridized carbons (Fsp3) is 0.0714. The van der Waals surface area contributed by atoms with E-state index in [4.69, 9.17) is 11.6 Å². The summed E-state index contributed by atoms with van der Waals surface area (Å²) >= 11 is 5.28. The molecular weight excluding hydrogens is 296 g/mol. The van der Waals surface area contributed by atoms with Gasteiger partial charge in [-0.15, -0.1) is 0 Å². The largest absolute Gasteiger partial charge is 0.417 e. The summed E-state index contributed by atoms with van der Waals surface area (Å²) in [7, 11) is 0. The number of hydrogen-bond donors (Lipinski definition) is 0. The molecule has 0 spiro atoms. The molecule has 0 amide bonds. The van der Waals surface area contributed by atoms with E-state index in [1.165, 1.54) is 18.2 Å². The molecule has 6 heteroatoms. The van der Waals surface area contributed by atoms with E-state index < -0.39 is 28.4 Å². The molecule has 1 nitrogen and oxygen atoms in total. The average molecular weight is 303 g/mol. The van der Waals surface area contributed by atoms with Gasteiger partial charge < -0.3 is 0 Å². The third-order valence-corrected chi connectivity index (χ3v) is 2.89. The van der Waals surface area contributed by atoms with Crippen LogP contribution in [0.1, 0.15) is 15.9 Å². The monoisotopic (exact) mass is 302 g/mol. The van der Waals surface area contributed by atoms with Gasteiger partial charge in [0.1, 0.15) is 5.82 Å². The number of rotatable bonds is 2. The molecule has 2 aromatic rings. The van der Waals surface area contributed by atoms with Gasteiger partial charge in [-0.3, -0.25) is 4.79 Å². The second-order valence-electron chi connectivity index (χ2n) is 4.01. The Hall–Kier alpha value is -1.88. The van der Waals surface area contributed by atoms with Crippen LogP contribution in [0.3, 0.4) is 0 Å². The van der Waals surface area contributed by atoms with Crippen molar-refractivity contribution in [1.29, 1.82) is 0 Å². The highest BCUT2D eigenvalue weighted by molar-refractivity contribution is 6.68. The third kappa shape index (κ3) is 2.82. The van der Waals surface area contributed by atoms with Crippen LogP contribution in [0, 0.1) is 5.82 Å². The third-order valence-electron chi connectivity index (χ3n) is 2.70. The highest BCUT2D eigenvalue weighted by Crippen LogP contribution is 2.37. The summed E-state index contributed by atoms with van der Waals surface area (Å²) in [6, 6.07) is 8.14. The minimum absolute atomic E-state index is 0.0562. The van der Waals surface area contributed by atoms with E-state index in [2.05, 4.69) is 0 Å². The number of hydrogen-bond acceptors (Lipinski definition) is 1. The Bertz CT molecular complexity index is 664. The van der Waals surface area contributed by atoms with Crippen LogP contribution in [0.2, 0.25) is 0 Å². The molecule has 0 atom stereocenters. The topological polar surface area (TPSA) is 17.1 Å². The minimum Gasteiger partial charge on any atom is -0.276 e. The van der Waals surface area contributed by atoms with Gasteiger partial charge in [0, 0.05) is 0 Å². The number of carbonyl (C=O) groups excluding carboxylic acids is 1. The first-order valence-electron chi connectivity index (χ1n) is 5.46. The van der Waals surface area contributed by atoms with E-state index in [9.17, 15) is 22.4 Å². The Morgan fingerprint density at radius 2 is 1.70 bits per heavy atom. The van der Waals surface area contributed by atoms with E-state index in [1.54, 1.807) is 0 Å². The quantitative estimate of drug-likeness (QED) is 0.570. The van der Waals surface area contributed by atoms with Crippen LogP contribution in [-0.4, -0.2) is 5.24 Å². The molecule has 0 fully saturated rings. The van der Waals surface area contributed by atoms with Crippen molar-refractivity contribution in [3.8, 4) is 11.1 Å². The molecule has 0 unspecified atom stereocenters. The smallest absolute Gasteiger partial charge is 0.276 e. The molecule has 0 N–H and O–H groups in total. The Kier molecular flexibility index (Phi) is 3.81. The zero-order valence-corrected chi connectivity index (χ0v) is 10.6. The fourth-order valence-electron chi connectivity index (χ4n) is 1.90. The summed E-state index contributed by atoms with van der Waals surface area (Å²) in [5.41, 5.74) is -1.72. The standard InChI is InChI=1S/C14H7ClF4O/c15-13(20)12-10(8-3-1-4-9(16)7-8)5-2-6-11(12)14(17,18)19/h1-7H. The van der Waals surface area contributed by atoms with Crippen LogP contribution >= 0.6 is 11.6 Å². The Morgan fingerprint density at radius 1 is 1.05 bits per heavy atom. The van der Waals surface area contributed by atoms with Crippen LogP contribution < -0.4 is 0 Å². The second kappa shape index (κ2) is 5.25. The molecule has 0 aliphatic rings. The van der Waals surface area contributed by atoms with Gasteiger partial charge in [0.05, 0.1) is 11.1 Å². The molecule has 0 aliphatic carbocycles. The van der Waals surface area contributed by atoms with Crippen molar-refractivity contribution < 1.29 is 22.4 Å². The van der Waals surface area contributed by atoms with Gasteiger partial charge in [-0.2, -0.15) is 13.2 Å². The molecule has 0 heterocycles.